The second kappa shape index (κ2) is 9.26. The van der Waals surface area contributed by atoms with Crippen LogP contribution in [0.3, 0.4) is 0 Å². The lowest BCUT2D eigenvalue weighted by Crippen LogP contribution is -2.42. The zero-order valence-corrected chi connectivity index (χ0v) is 18.2. The monoisotopic (exact) mass is 463 g/mol. The second-order valence-corrected chi connectivity index (χ2v) is 8.56. The molecule has 0 spiro atoms. The van der Waals surface area contributed by atoms with E-state index in [1.54, 1.807) is 23.1 Å². The number of ether oxygens (including phenoxy) is 1. The fourth-order valence-electron chi connectivity index (χ4n) is 3.15. The summed E-state index contributed by atoms with van der Waals surface area (Å²) in [5.41, 5.74) is 1.44. The molecule has 2 N–H and O–H groups in total. The lowest BCUT2D eigenvalue weighted by molar-refractivity contribution is -0.134. The minimum atomic E-state index is -0.515. The minimum Gasteiger partial charge on any atom is -0.378 e. The fraction of sp³-hybridized carbons (Fsp3) is 0.250. The summed E-state index contributed by atoms with van der Waals surface area (Å²) in [7, 11) is 0. The van der Waals surface area contributed by atoms with Gasteiger partial charge in [-0.05, 0) is 23.8 Å². The number of benzene rings is 2. The van der Waals surface area contributed by atoms with Crippen LogP contribution in [-0.2, 0) is 9.53 Å². The molecule has 1 amide bonds. The van der Waals surface area contributed by atoms with Gasteiger partial charge in [-0.15, -0.1) is 10.2 Å². The summed E-state index contributed by atoms with van der Waals surface area (Å²) in [5, 5.41) is 9.25. The molecule has 0 bridgehead atoms. The van der Waals surface area contributed by atoms with Gasteiger partial charge in [0.05, 0.1) is 18.2 Å². The average Bonchev–Trinajstić information content (AvgIpc) is 3.14. The van der Waals surface area contributed by atoms with E-state index in [9.17, 15) is 4.79 Å². The Hall–Kier alpha value is -2.26. The van der Waals surface area contributed by atoms with Crippen LogP contribution in [0, 0.1) is 0 Å². The topological polar surface area (TPSA) is 86.3 Å². The number of hydrogen-bond acceptors (Lipinski definition) is 6. The maximum absolute atomic E-state index is 13.3. The number of aromatic nitrogens is 3. The molecular weight excluding hydrogens is 445 g/mol. The molecule has 1 saturated heterocycles. The van der Waals surface area contributed by atoms with E-state index < -0.39 is 5.25 Å². The largest absolute Gasteiger partial charge is 0.378 e. The van der Waals surface area contributed by atoms with Crippen LogP contribution < -0.4 is 5.84 Å². The summed E-state index contributed by atoms with van der Waals surface area (Å²) >= 11 is 13.6. The van der Waals surface area contributed by atoms with E-state index in [1.807, 2.05) is 30.3 Å². The van der Waals surface area contributed by atoms with Gasteiger partial charge < -0.3 is 15.5 Å². The first-order chi connectivity index (χ1) is 14.5. The molecule has 7 nitrogen and oxygen atoms in total. The Bertz CT molecular complexity index is 1040. The zero-order chi connectivity index (χ0) is 21.1. The minimum absolute atomic E-state index is 0.0140. The van der Waals surface area contributed by atoms with Crippen molar-refractivity contribution in [2.45, 2.75) is 10.4 Å². The molecule has 156 valence electrons. The summed E-state index contributed by atoms with van der Waals surface area (Å²) in [6, 6.07) is 14.6. The van der Waals surface area contributed by atoms with Gasteiger partial charge in [0.1, 0.15) is 5.25 Å². The van der Waals surface area contributed by atoms with Crippen molar-refractivity contribution in [2.24, 2.45) is 0 Å². The van der Waals surface area contributed by atoms with Crippen LogP contribution in [0.4, 0.5) is 0 Å². The second-order valence-electron chi connectivity index (χ2n) is 6.65. The summed E-state index contributed by atoms with van der Waals surface area (Å²) in [6.07, 6.45) is 0. The Kier molecular flexibility index (Phi) is 6.48. The summed E-state index contributed by atoms with van der Waals surface area (Å²) in [4.78, 5) is 15.1. The van der Waals surface area contributed by atoms with E-state index in [-0.39, 0.29) is 5.91 Å². The molecule has 1 aromatic heterocycles. The summed E-state index contributed by atoms with van der Waals surface area (Å²) < 4.78 is 6.71. The molecule has 3 aromatic rings. The highest BCUT2D eigenvalue weighted by Crippen LogP contribution is 2.37. The van der Waals surface area contributed by atoms with Gasteiger partial charge in [0.2, 0.25) is 11.1 Å². The number of nitrogens with two attached hydrogens (primary N) is 1. The van der Waals surface area contributed by atoms with Gasteiger partial charge in [-0.2, -0.15) is 0 Å². The predicted octanol–water partition coefficient (Wildman–Crippen LogP) is 3.66. The number of rotatable bonds is 5. The van der Waals surface area contributed by atoms with Crippen molar-refractivity contribution in [3.05, 3.63) is 64.1 Å². The van der Waals surface area contributed by atoms with Crippen LogP contribution in [0.1, 0.15) is 10.8 Å². The van der Waals surface area contributed by atoms with Crippen LogP contribution in [-0.4, -0.2) is 52.0 Å². The Morgan fingerprint density at radius 3 is 2.57 bits per heavy atom. The van der Waals surface area contributed by atoms with Crippen LogP contribution in [0.15, 0.2) is 53.7 Å². The maximum atomic E-state index is 13.3. The Balaban J connectivity index is 1.66. The lowest BCUT2D eigenvalue weighted by Gasteiger charge is -2.30. The van der Waals surface area contributed by atoms with Crippen LogP contribution in [0.5, 0.6) is 0 Å². The number of hydrogen-bond donors (Lipinski definition) is 1. The number of carbonyl (C=O) groups is 1. The molecule has 1 fully saturated rings. The van der Waals surface area contributed by atoms with Crippen molar-refractivity contribution in [1.82, 2.24) is 19.8 Å². The van der Waals surface area contributed by atoms with Crippen molar-refractivity contribution >= 4 is 40.9 Å². The number of halogens is 2. The third-order valence-electron chi connectivity index (χ3n) is 4.71. The number of amides is 1. The van der Waals surface area contributed by atoms with Gasteiger partial charge in [-0.25, -0.2) is 4.68 Å². The molecule has 0 aliphatic carbocycles. The first kappa shape index (κ1) is 21.0. The van der Waals surface area contributed by atoms with E-state index in [0.29, 0.717) is 52.9 Å². The third-order valence-corrected chi connectivity index (χ3v) is 6.47. The SMILES string of the molecule is Nn1c(S[C@H](C(=O)N2CCOCC2)c2ccccc2)nnc1-c1cc(Cl)ccc1Cl. The van der Waals surface area contributed by atoms with E-state index in [2.05, 4.69) is 10.2 Å². The zero-order valence-electron chi connectivity index (χ0n) is 15.9. The maximum Gasteiger partial charge on any atom is 0.240 e. The molecule has 0 radical (unpaired) electrons. The van der Waals surface area contributed by atoms with Gasteiger partial charge in [-0.3, -0.25) is 4.79 Å². The van der Waals surface area contributed by atoms with Gasteiger partial charge in [-0.1, -0.05) is 65.3 Å². The Labute approximate surface area is 188 Å². The van der Waals surface area contributed by atoms with Gasteiger partial charge >= 0.3 is 0 Å². The number of thioether (sulfide) groups is 1. The van der Waals surface area contributed by atoms with Crippen molar-refractivity contribution in [3.8, 4) is 11.4 Å². The molecular formula is C20H19Cl2N5O2S. The average molecular weight is 464 g/mol. The highest BCUT2D eigenvalue weighted by Gasteiger charge is 2.30. The number of nitrogen functional groups attached to an aromatic ring is 1. The van der Waals surface area contributed by atoms with Gasteiger partial charge in [0.15, 0.2) is 5.82 Å². The smallest absolute Gasteiger partial charge is 0.240 e. The molecule has 30 heavy (non-hydrogen) atoms. The van der Waals surface area contributed by atoms with Gasteiger partial charge in [0, 0.05) is 23.7 Å². The summed E-state index contributed by atoms with van der Waals surface area (Å²) in [6.45, 7) is 2.17. The molecule has 0 unspecified atom stereocenters. The molecule has 1 atom stereocenters. The predicted molar refractivity (Wildman–Crippen MR) is 118 cm³/mol. The van der Waals surface area contributed by atoms with Crippen molar-refractivity contribution in [1.29, 1.82) is 0 Å². The molecule has 2 aromatic carbocycles. The quantitative estimate of drug-likeness (QED) is 0.458. The molecule has 2 heterocycles. The highest BCUT2D eigenvalue weighted by atomic mass is 35.5. The van der Waals surface area contributed by atoms with Crippen LogP contribution in [0.25, 0.3) is 11.4 Å². The standard InChI is InChI=1S/C20H19Cl2N5O2S/c21-14-6-7-16(22)15(12-14)18-24-25-20(27(18)23)30-17(13-4-2-1-3-5-13)19(28)26-8-10-29-11-9-26/h1-7,12,17H,8-11,23H2/t17-/m0/s1. The van der Waals surface area contributed by atoms with E-state index in [0.717, 1.165) is 5.56 Å². The van der Waals surface area contributed by atoms with E-state index in [1.165, 1.54) is 16.4 Å². The molecule has 1 aliphatic heterocycles. The van der Waals surface area contributed by atoms with Crippen molar-refractivity contribution in [2.75, 3.05) is 32.1 Å². The molecule has 1 aliphatic rings. The summed E-state index contributed by atoms with van der Waals surface area (Å²) in [5.74, 6) is 6.64. The molecule has 10 heteroatoms. The Morgan fingerprint density at radius 1 is 1.10 bits per heavy atom. The third kappa shape index (κ3) is 4.41. The van der Waals surface area contributed by atoms with Gasteiger partial charge in [0.25, 0.3) is 0 Å². The number of morpholine rings is 1. The Morgan fingerprint density at radius 2 is 1.83 bits per heavy atom. The first-order valence-electron chi connectivity index (χ1n) is 9.28. The van der Waals surface area contributed by atoms with Crippen molar-refractivity contribution < 1.29 is 9.53 Å². The normalized spacial score (nSPS) is 15.2. The van der Waals surface area contributed by atoms with Crippen LogP contribution >= 0.6 is 35.0 Å². The molecule has 0 saturated carbocycles. The fourth-order valence-corrected chi connectivity index (χ4v) is 4.57. The van der Waals surface area contributed by atoms with Crippen molar-refractivity contribution in [3.63, 3.8) is 0 Å². The highest BCUT2D eigenvalue weighted by molar-refractivity contribution is 8.00. The van der Waals surface area contributed by atoms with Crippen LogP contribution in [0.2, 0.25) is 10.0 Å². The number of carbonyl (C=O) groups excluding carboxylic acids is 1. The molecule has 4 rings (SSSR count). The van der Waals surface area contributed by atoms with E-state index >= 15 is 0 Å². The number of nitrogens with zero attached hydrogens (tertiary/aromatic N) is 4. The van der Waals surface area contributed by atoms with E-state index in [4.69, 9.17) is 33.8 Å². The first-order valence-corrected chi connectivity index (χ1v) is 10.9. The lowest BCUT2D eigenvalue weighted by atomic mass is 10.1.